The van der Waals surface area contributed by atoms with Crippen molar-refractivity contribution in [1.29, 1.82) is 0 Å². The molecule has 0 radical (unpaired) electrons. The molecule has 3 unspecified atom stereocenters. The Labute approximate surface area is 551 Å². The van der Waals surface area contributed by atoms with Gasteiger partial charge in [-0.3, -0.25) is 14.2 Å². The lowest BCUT2D eigenvalue weighted by atomic mass is 10.0. The van der Waals surface area contributed by atoms with E-state index in [-0.39, 0.29) is 24.9 Å². The van der Waals surface area contributed by atoms with E-state index < -0.39 is 26.6 Å². The van der Waals surface area contributed by atoms with Crippen molar-refractivity contribution < 1.29 is 37.3 Å². The van der Waals surface area contributed by atoms with E-state index in [1.54, 1.807) is 0 Å². The number of phosphoric acid groups is 1. The number of likely N-dealkylation sites (N-methyl/N-ethyl adjacent to an activating group) is 1. The molecule has 0 rings (SSSR count). The first-order valence-electron chi connectivity index (χ1n) is 37.2. The van der Waals surface area contributed by atoms with E-state index in [1.165, 1.54) is 186 Å². The van der Waals surface area contributed by atoms with Crippen molar-refractivity contribution in [3.05, 3.63) is 109 Å². The summed E-state index contributed by atoms with van der Waals surface area (Å²) in [5, 5.41) is 3.04. The summed E-state index contributed by atoms with van der Waals surface area (Å²) in [5.74, 6) is -0.543. The van der Waals surface area contributed by atoms with Crippen molar-refractivity contribution in [3.63, 3.8) is 0 Å². The highest BCUT2D eigenvalue weighted by molar-refractivity contribution is 7.45. The summed E-state index contributed by atoms with van der Waals surface area (Å²) < 4.78 is 30.5. The maximum atomic E-state index is 13.6. The van der Waals surface area contributed by atoms with Crippen molar-refractivity contribution in [3.8, 4) is 0 Å². The third-order valence-electron chi connectivity index (χ3n) is 16.2. The summed E-state index contributed by atoms with van der Waals surface area (Å²) in [7, 11) is 1.18. The second-order valence-electron chi connectivity index (χ2n) is 26.1. The number of hydrogen-bond donors (Lipinski definition) is 1. The molecule has 0 saturated carbocycles. The van der Waals surface area contributed by atoms with Crippen LogP contribution in [0.25, 0.3) is 0 Å². The number of hydrogen-bond acceptors (Lipinski definition) is 7. The number of unbranched alkanes of at least 4 members (excludes halogenated alkanes) is 35. The lowest BCUT2D eigenvalue weighted by Gasteiger charge is -2.30. The van der Waals surface area contributed by atoms with Gasteiger partial charge >= 0.3 is 5.97 Å². The second kappa shape index (κ2) is 67.6. The Hall–Kier alpha value is -3.33. The van der Waals surface area contributed by atoms with E-state index in [0.717, 1.165) is 109 Å². The number of carbonyl (C=O) groups is 2. The first kappa shape index (κ1) is 85.7. The average molecular weight is 1260 g/mol. The Bertz CT molecular complexity index is 1890. The van der Waals surface area contributed by atoms with Crippen LogP contribution in [-0.2, 0) is 27.9 Å². The number of rotatable bonds is 67. The zero-order valence-corrected chi connectivity index (χ0v) is 59.8. The fraction of sp³-hybridized carbons (Fsp3) is 0.747. The van der Waals surface area contributed by atoms with Gasteiger partial charge < -0.3 is 28.5 Å². The monoisotopic (exact) mass is 1260 g/mol. The van der Waals surface area contributed by atoms with E-state index in [1.807, 2.05) is 33.3 Å². The van der Waals surface area contributed by atoms with Crippen LogP contribution < -0.4 is 10.2 Å². The quantitative estimate of drug-likeness (QED) is 0.0212. The molecule has 0 aromatic heterocycles. The highest BCUT2D eigenvalue weighted by Crippen LogP contribution is 2.38. The van der Waals surface area contributed by atoms with Crippen LogP contribution in [-0.4, -0.2) is 69.4 Å². The summed E-state index contributed by atoms with van der Waals surface area (Å²) in [4.78, 5) is 40.2. The number of ether oxygens (including phenoxy) is 1. The molecule has 0 aliphatic carbocycles. The zero-order chi connectivity index (χ0) is 64.9. The topological polar surface area (TPSA) is 114 Å². The van der Waals surface area contributed by atoms with Crippen molar-refractivity contribution in [2.75, 3.05) is 40.9 Å². The molecule has 1 N–H and O–H groups in total. The van der Waals surface area contributed by atoms with Gasteiger partial charge in [-0.25, -0.2) is 0 Å². The molecule has 0 saturated heterocycles. The van der Waals surface area contributed by atoms with Crippen molar-refractivity contribution in [2.24, 2.45) is 0 Å². The van der Waals surface area contributed by atoms with Gasteiger partial charge in [0.25, 0.3) is 7.82 Å². The fourth-order valence-corrected chi connectivity index (χ4v) is 11.2. The highest BCUT2D eigenvalue weighted by atomic mass is 31.2. The number of esters is 1. The lowest BCUT2D eigenvalue weighted by Crippen LogP contribution is -2.47. The minimum atomic E-state index is -4.71. The third kappa shape index (κ3) is 68.9. The highest BCUT2D eigenvalue weighted by Gasteiger charge is 2.27. The standard InChI is InChI=1S/C79H141N2O7P/c1-7-10-13-16-19-22-25-27-29-31-33-35-37-39-40-42-44-46-48-50-52-54-57-60-63-66-69-72-79(83)88-77(70-67-64-61-58-55-24-21-18-15-12-9-3)76(75-87-89(84,85)86-74-73-81(4,5)6)80-78(82)71-68-65-62-59-56-53-51-49-47-45-43-41-38-36-34-32-30-28-26-23-20-17-14-11-8-2/h10,13,19-20,22-23,27-30,33-36,39-40,67,70,76-77H,7-9,11-12,14-18,21,24-26,31-32,37-38,41-66,68-69,71-75H2,1-6H3,(H-,80,82,84,85)/b13-10-,22-19-,23-20-,29-27-,30-28-,35-33-,36-34-,40-39-,70-67+. The van der Waals surface area contributed by atoms with E-state index >= 15 is 0 Å². The molecule has 9 nitrogen and oxygen atoms in total. The molecule has 0 spiro atoms. The number of nitrogens with one attached hydrogen (secondary N) is 1. The molecule has 0 bridgehead atoms. The average Bonchev–Trinajstić information content (AvgIpc) is 3.71. The SMILES string of the molecule is CC/C=C\C/C=C\C/C=C\C/C=C\C/C=C\CCCCCCCCCCCCCC(=O)OC(/C=C/CCCCCCCCCCC)C(COP(=O)([O-])OCC[N+](C)(C)C)NC(=O)CCCCCCCCCCCCCC/C=C\C/C=C\C/C=C\CCCCC. The summed E-state index contributed by atoms with van der Waals surface area (Å²) >= 11 is 0. The number of allylic oxidation sites excluding steroid dienone is 17. The predicted octanol–water partition coefficient (Wildman–Crippen LogP) is 23.4. The number of carbonyl (C=O) groups excluding carboxylic acids is 2. The van der Waals surface area contributed by atoms with Gasteiger partial charge in [0.1, 0.15) is 19.3 Å². The van der Waals surface area contributed by atoms with Gasteiger partial charge in [-0.1, -0.05) is 310 Å². The summed E-state index contributed by atoms with van der Waals surface area (Å²) in [6, 6.07) is -0.897. The van der Waals surface area contributed by atoms with Gasteiger partial charge in [-0.2, -0.15) is 0 Å². The molecule has 514 valence electrons. The largest absolute Gasteiger partial charge is 0.756 e. The Morgan fingerprint density at radius 3 is 1.10 bits per heavy atom. The van der Waals surface area contributed by atoms with Crippen LogP contribution in [0.4, 0.5) is 0 Å². The number of nitrogens with zero attached hydrogens (tertiary/aromatic N) is 1. The summed E-state index contributed by atoms with van der Waals surface area (Å²) in [5.41, 5.74) is 0. The van der Waals surface area contributed by atoms with E-state index in [9.17, 15) is 19.0 Å². The van der Waals surface area contributed by atoms with Crippen molar-refractivity contribution in [1.82, 2.24) is 5.32 Å². The molecule has 0 aromatic carbocycles. The smallest absolute Gasteiger partial charge is 0.306 e. The van der Waals surface area contributed by atoms with Crippen molar-refractivity contribution in [2.45, 2.75) is 341 Å². The predicted molar refractivity (Wildman–Crippen MR) is 385 cm³/mol. The van der Waals surface area contributed by atoms with Crippen LogP contribution >= 0.6 is 7.82 Å². The molecule has 89 heavy (non-hydrogen) atoms. The Balaban J connectivity index is 4.97. The molecule has 0 aliphatic rings. The fourth-order valence-electron chi connectivity index (χ4n) is 10.5. The van der Waals surface area contributed by atoms with Gasteiger partial charge in [-0.05, 0) is 115 Å². The molecular weight excluding hydrogens is 1120 g/mol. The normalized spacial score (nSPS) is 14.1. The Morgan fingerprint density at radius 2 is 0.719 bits per heavy atom. The lowest BCUT2D eigenvalue weighted by molar-refractivity contribution is -0.870. The molecule has 10 heteroatoms. The summed E-state index contributed by atoms with van der Waals surface area (Å²) in [6.45, 7) is 6.72. The second-order valence-corrected chi connectivity index (χ2v) is 27.5. The molecule has 0 heterocycles. The Kier molecular flexibility index (Phi) is 65.0. The number of quaternary nitrogens is 1. The van der Waals surface area contributed by atoms with Gasteiger partial charge in [0, 0.05) is 12.8 Å². The number of amides is 1. The first-order valence-corrected chi connectivity index (χ1v) is 38.7. The maximum Gasteiger partial charge on any atom is 0.306 e. The van der Waals surface area contributed by atoms with Gasteiger partial charge in [0.15, 0.2) is 0 Å². The number of phosphoric ester groups is 1. The van der Waals surface area contributed by atoms with Gasteiger partial charge in [-0.15, -0.1) is 0 Å². The van der Waals surface area contributed by atoms with Crippen LogP contribution in [0.15, 0.2) is 109 Å². The molecule has 0 aromatic rings. The van der Waals surface area contributed by atoms with Crippen LogP contribution in [0, 0.1) is 0 Å². The first-order chi connectivity index (χ1) is 43.4. The summed E-state index contributed by atoms with van der Waals surface area (Å²) in [6.07, 6.45) is 93.6. The van der Waals surface area contributed by atoms with E-state index in [2.05, 4.69) is 123 Å². The molecule has 3 atom stereocenters. The van der Waals surface area contributed by atoms with Crippen molar-refractivity contribution >= 4 is 19.7 Å². The third-order valence-corrected chi connectivity index (χ3v) is 17.2. The minimum absolute atomic E-state index is 0.0268. The van der Waals surface area contributed by atoms with E-state index in [4.69, 9.17) is 13.8 Å². The van der Waals surface area contributed by atoms with Crippen LogP contribution in [0.2, 0.25) is 0 Å². The zero-order valence-electron chi connectivity index (χ0n) is 58.9. The molecule has 0 fully saturated rings. The van der Waals surface area contributed by atoms with Gasteiger partial charge in [0.2, 0.25) is 5.91 Å². The molecule has 0 aliphatic heterocycles. The van der Waals surface area contributed by atoms with Crippen LogP contribution in [0.1, 0.15) is 329 Å². The molecular formula is C79H141N2O7P. The van der Waals surface area contributed by atoms with Crippen LogP contribution in [0.5, 0.6) is 0 Å². The maximum absolute atomic E-state index is 13.6. The van der Waals surface area contributed by atoms with Gasteiger partial charge in [0.05, 0.1) is 33.8 Å². The Morgan fingerprint density at radius 1 is 0.404 bits per heavy atom. The van der Waals surface area contributed by atoms with E-state index in [0.29, 0.717) is 17.4 Å². The minimum Gasteiger partial charge on any atom is -0.756 e. The van der Waals surface area contributed by atoms with Crippen LogP contribution in [0.3, 0.4) is 0 Å². The molecule has 1 amide bonds.